The van der Waals surface area contributed by atoms with E-state index in [1.165, 1.54) is 41.3 Å². The van der Waals surface area contributed by atoms with Crippen LogP contribution in [0.1, 0.15) is 61.0 Å². The number of hydrogen-bond donors (Lipinski definition) is 1. The highest BCUT2D eigenvalue weighted by Crippen LogP contribution is 2.39. The molecule has 3 heteroatoms. The molecule has 0 atom stereocenters. The molecule has 0 spiro atoms. The standard InChI is InChI=1S/C13H22N2S/c1-3-6-11-12(9-14-4-2)16-13(15-11)10-7-5-8-10/h10,14H,3-9H2,1-2H3. The fourth-order valence-corrected chi connectivity index (χ4v) is 3.29. The van der Waals surface area contributed by atoms with Crippen molar-refractivity contribution in [2.75, 3.05) is 6.54 Å². The molecule has 90 valence electrons. The zero-order valence-electron chi connectivity index (χ0n) is 10.4. The number of aromatic nitrogens is 1. The number of nitrogens with zero attached hydrogens (tertiary/aromatic N) is 1. The fourth-order valence-electron chi connectivity index (χ4n) is 2.04. The quantitative estimate of drug-likeness (QED) is 0.821. The average molecular weight is 238 g/mol. The highest BCUT2D eigenvalue weighted by Gasteiger charge is 2.24. The van der Waals surface area contributed by atoms with E-state index in [1.54, 1.807) is 0 Å². The fraction of sp³-hybridized carbons (Fsp3) is 0.769. The van der Waals surface area contributed by atoms with Crippen LogP contribution in [0.3, 0.4) is 0 Å². The Morgan fingerprint density at radius 1 is 1.38 bits per heavy atom. The number of nitrogens with one attached hydrogen (secondary N) is 1. The van der Waals surface area contributed by atoms with Gasteiger partial charge in [0, 0.05) is 17.3 Å². The van der Waals surface area contributed by atoms with Crippen LogP contribution >= 0.6 is 11.3 Å². The molecule has 1 heterocycles. The normalized spacial score (nSPS) is 16.4. The second-order valence-corrected chi connectivity index (χ2v) is 5.70. The summed E-state index contributed by atoms with van der Waals surface area (Å²) >= 11 is 1.95. The lowest BCUT2D eigenvalue weighted by Gasteiger charge is -2.22. The van der Waals surface area contributed by atoms with Gasteiger partial charge in [-0.15, -0.1) is 11.3 Å². The molecule has 2 rings (SSSR count). The van der Waals surface area contributed by atoms with Crippen molar-refractivity contribution in [2.45, 2.75) is 58.4 Å². The van der Waals surface area contributed by atoms with Crippen molar-refractivity contribution in [3.63, 3.8) is 0 Å². The number of aryl methyl sites for hydroxylation is 1. The molecule has 16 heavy (non-hydrogen) atoms. The van der Waals surface area contributed by atoms with Gasteiger partial charge < -0.3 is 5.32 Å². The van der Waals surface area contributed by atoms with E-state index >= 15 is 0 Å². The molecule has 0 radical (unpaired) electrons. The molecule has 1 aromatic rings. The minimum absolute atomic E-state index is 0.788. The first-order valence-electron chi connectivity index (χ1n) is 6.54. The molecule has 1 fully saturated rings. The van der Waals surface area contributed by atoms with Crippen LogP contribution in [0.4, 0.5) is 0 Å². The van der Waals surface area contributed by atoms with Gasteiger partial charge in [0.25, 0.3) is 0 Å². The number of hydrogen-bond acceptors (Lipinski definition) is 3. The van der Waals surface area contributed by atoms with Crippen LogP contribution in [0.25, 0.3) is 0 Å². The van der Waals surface area contributed by atoms with Crippen molar-refractivity contribution in [1.82, 2.24) is 10.3 Å². The Hall–Kier alpha value is -0.410. The van der Waals surface area contributed by atoms with Crippen LogP contribution in [-0.2, 0) is 13.0 Å². The largest absolute Gasteiger partial charge is 0.312 e. The molecule has 1 aliphatic rings. The lowest BCUT2D eigenvalue weighted by Crippen LogP contribution is -2.11. The second kappa shape index (κ2) is 5.78. The van der Waals surface area contributed by atoms with Crippen LogP contribution in [0.5, 0.6) is 0 Å². The highest BCUT2D eigenvalue weighted by molar-refractivity contribution is 7.11. The summed E-state index contributed by atoms with van der Waals surface area (Å²) in [4.78, 5) is 6.33. The van der Waals surface area contributed by atoms with Crippen molar-refractivity contribution in [3.8, 4) is 0 Å². The zero-order valence-corrected chi connectivity index (χ0v) is 11.2. The van der Waals surface area contributed by atoms with E-state index in [0.717, 1.165) is 25.4 Å². The van der Waals surface area contributed by atoms with Gasteiger partial charge >= 0.3 is 0 Å². The first-order chi connectivity index (χ1) is 7.85. The van der Waals surface area contributed by atoms with Crippen LogP contribution in [0, 0.1) is 0 Å². The van der Waals surface area contributed by atoms with E-state index in [4.69, 9.17) is 4.98 Å². The molecular formula is C13H22N2S. The van der Waals surface area contributed by atoms with Crippen LogP contribution in [-0.4, -0.2) is 11.5 Å². The average Bonchev–Trinajstić information content (AvgIpc) is 2.56. The zero-order chi connectivity index (χ0) is 11.4. The van der Waals surface area contributed by atoms with Crippen LogP contribution in [0.2, 0.25) is 0 Å². The van der Waals surface area contributed by atoms with Gasteiger partial charge in [-0.2, -0.15) is 0 Å². The summed E-state index contributed by atoms with van der Waals surface area (Å²) in [5, 5.41) is 4.83. The molecule has 0 aliphatic heterocycles. The van der Waals surface area contributed by atoms with Crippen molar-refractivity contribution in [3.05, 3.63) is 15.6 Å². The highest BCUT2D eigenvalue weighted by atomic mass is 32.1. The van der Waals surface area contributed by atoms with Gasteiger partial charge in [-0.05, 0) is 25.8 Å². The van der Waals surface area contributed by atoms with Crippen LogP contribution < -0.4 is 5.32 Å². The van der Waals surface area contributed by atoms with Crippen molar-refractivity contribution in [2.24, 2.45) is 0 Å². The molecule has 0 bridgehead atoms. The second-order valence-electron chi connectivity index (χ2n) is 4.58. The lowest BCUT2D eigenvalue weighted by molar-refractivity contribution is 0.417. The molecule has 1 aliphatic carbocycles. The van der Waals surface area contributed by atoms with Gasteiger partial charge in [0.05, 0.1) is 10.7 Å². The summed E-state index contributed by atoms with van der Waals surface area (Å²) in [7, 11) is 0. The maximum absolute atomic E-state index is 4.85. The van der Waals surface area contributed by atoms with Gasteiger partial charge in [-0.1, -0.05) is 26.7 Å². The van der Waals surface area contributed by atoms with Gasteiger partial charge in [0.15, 0.2) is 0 Å². The summed E-state index contributed by atoms with van der Waals surface area (Å²) < 4.78 is 0. The molecule has 1 saturated carbocycles. The summed E-state index contributed by atoms with van der Waals surface area (Å²) in [6.07, 6.45) is 6.46. The minimum atomic E-state index is 0.788. The third-order valence-corrected chi connectivity index (χ3v) is 4.53. The van der Waals surface area contributed by atoms with Crippen molar-refractivity contribution >= 4 is 11.3 Å². The third-order valence-electron chi connectivity index (χ3n) is 3.27. The predicted octanol–water partition coefficient (Wildman–Crippen LogP) is 3.47. The summed E-state index contributed by atoms with van der Waals surface area (Å²) in [5.41, 5.74) is 1.36. The van der Waals surface area contributed by atoms with Crippen molar-refractivity contribution < 1.29 is 0 Å². The Labute approximate surface area is 102 Å². The smallest absolute Gasteiger partial charge is 0.0962 e. The summed E-state index contributed by atoms with van der Waals surface area (Å²) in [6.45, 7) is 6.45. The van der Waals surface area contributed by atoms with E-state index in [0.29, 0.717) is 0 Å². The predicted molar refractivity (Wildman–Crippen MR) is 70.1 cm³/mol. The molecule has 0 unspecified atom stereocenters. The molecular weight excluding hydrogens is 216 g/mol. The van der Waals surface area contributed by atoms with E-state index < -0.39 is 0 Å². The Balaban J connectivity index is 2.08. The van der Waals surface area contributed by atoms with E-state index in [-0.39, 0.29) is 0 Å². The molecule has 2 nitrogen and oxygen atoms in total. The molecule has 0 amide bonds. The SMILES string of the molecule is CCCc1nc(C2CCC2)sc1CNCC. The number of thiazole rings is 1. The Morgan fingerprint density at radius 2 is 2.19 bits per heavy atom. The van der Waals surface area contributed by atoms with Gasteiger partial charge in [0.2, 0.25) is 0 Å². The first kappa shape index (κ1) is 12.1. The number of rotatable bonds is 6. The van der Waals surface area contributed by atoms with E-state index in [1.807, 2.05) is 11.3 Å². The van der Waals surface area contributed by atoms with Gasteiger partial charge in [-0.3, -0.25) is 0 Å². The molecule has 1 N–H and O–H groups in total. The maximum Gasteiger partial charge on any atom is 0.0962 e. The Morgan fingerprint density at radius 3 is 2.75 bits per heavy atom. The topological polar surface area (TPSA) is 24.9 Å². The molecule has 0 saturated heterocycles. The van der Waals surface area contributed by atoms with E-state index in [2.05, 4.69) is 19.2 Å². The first-order valence-corrected chi connectivity index (χ1v) is 7.36. The minimum Gasteiger partial charge on any atom is -0.312 e. The molecule has 1 aromatic heterocycles. The molecule has 0 aromatic carbocycles. The Bertz CT molecular complexity index is 329. The lowest BCUT2D eigenvalue weighted by atomic mass is 9.86. The van der Waals surface area contributed by atoms with Gasteiger partial charge in [0.1, 0.15) is 0 Å². The van der Waals surface area contributed by atoms with Crippen LogP contribution in [0.15, 0.2) is 0 Å². The van der Waals surface area contributed by atoms with Crippen molar-refractivity contribution in [1.29, 1.82) is 0 Å². The van der Waals surface area contributed by atoms with E-state index in [9.17, 15) is 0 Å². The Kier molecular flexibility index (Phi) is 4.36. The maximum atomic E-state index is 4.85. The summed E-state index contributed by atoms with van der Waals surface area (Å²) in [6, 6.07) is 0. The van der Waals surface area contributed by atoms with Gasteiger partial charge in [-0.25, -0.2) is 4.98 Å². The summed E-state index contributed by atoms with van der Waals surface area (Å²) in [5.74, 6) is 0.788. The monoisotopic (exact) mass is 238 g/mol. The third kappa shape index (κ3) is 2.64.